The lowest BCUT2D eigenvalue weighted by Gasteiger charge is -2.42. The molecule has 0 aliphatic heterocycles. The van der Waals surface area contributed by atoms with Gasteiger partial charge >= 0.3 is 0 Å². The molecule has 2 fully saturated rings. The van der Waals surface area contributed by atoms with Crippen molar-refractivity contribution in [2.45, 2.75) is 76.3 Å². The highest BCUT2D eigenvalue weighted by Crippen LogP contribution is 2.30. The van der Waals surface area contributed by atoms with Gasteiger partial charge in [-0.1, -0.05) is 50.7 Å². The molecule has 2 aliphatic rings. The maximum atomic E-state index is 11.5. The molecule has 0 bridgehead atoms. The first-order chi connectivity index (χ1) is 8.70. The van der Waals surface area contributed by atoms with Gasteiger partial charge in [-0.05, 0) is 25.7 Å². The maximum Gasteiger partial charge on any atom is 0.276 e. The zero-order valence-corrected chi connectivity index (χ0v) is 11.9. The number of primary amides is 1. The van der Waals surface area contributed by atoms with E-state index in [-0.39, 0.29) is 0 Å². The first-order valence-corrected chi connectivity index (χ1v) is 7.73. The van der Waals surface area contributed by atoms with Crippen LogP contribution in [0.2, 0.25) is 0 Å². The molecule has 2 rings (SSSR count). The van der Waals surface area contributed by atoms with E-state index in [9.17, 15) is 4.79 Å². The summed E-state index contributed by atoms with van der Waals surface area (Å²) >= 11 is 5.31. The molecule has 18 heavy (non-hydrogen) atoms. The van der Waals surface area contributed by atoms with Crippen LogP contribution in [-0.2, 0) is 4.79 Å². The number of carbonyl (C=O) groups is 1. The second-order valence-electron chi connectivity index (χ2n) is 5.66. The number of hydrogen-bond acceptors (Lipinski definition) is 2. The summed E-state index contributed by atoms with van der Waals surface area (Å²) in [7, 11) is 0. The van der Waals surface area contributed by atoms with Gasteiger partial charge in [-0.25, -0.2) is 0 Å². The standard InChI is InChI=1S/C14H24N2OS/c15-13(17)14(18)16(11-7-3-1-4-8-11)12-9-5-2-6-10-12/h11-12H,1-10H2,(H2,15,17). The second-order valence-corrected chi connectivity index (χ2v) is 6.05. The molecule has 0 saturated heterocycles. The van der Waals surface area contributed by atoms with Crippen molar-refractivity contribution in [2.24, 2.45) is 5.73 Å². The van der Waals surface area contributed by atoms with Crippen LogP contribution < -0.4 is 5.73 Å². The molecule has 2 saturated carbocycles. The van der Waals surface area contributed by atoms with E-state index in [1.807, 2.05) is 0 Å². The van der Waals surface area contributed by atoms with E-state index in [0.717, 1.165) is 0 Å². The summed E-state index contributed by atoms with van der Waals surface area (Å²) in [5.41, 5.74) is 5.43. The summed E-state index contributed by atoms with van der Waals surface area (Å²) in [5, 5.41) is 0. The smallest absolute Gasteiger partial charge is 0.276 e. The molecule has 0 aromatic heterocycles. The lowest BCUT2D eigenvalue weighted by molar-refractivity contribution is -0.112. The largest absolute Gasteiger partial charge is 0.364 e. The van der Waals surface area contributed by atoms with Crippen molar-refractivity contribution < 1.29 is 4.79 Å². The fourth-order valence-corrected chi connectivity index (χ4v) is 3.77. The van der Waals surface area contributed by atoms with Crippen molar-refractivity contribution in [3.63, 3.8) is 0 Å². The van der Waals surface area contributed by atoms with E-state index in [1.54, 1.807) is 0 Å². The third kappa shape index (κ3) is 3.22. The predicted octanol–water partition coefficient (Wildman–Crippen LogP) is 2.77. The van der Waals surface area contributed by atoms with Gasteiger partial charge in [0.15, 0.2) is 4.99 Å². The first kappa shape index (κ1) is 13.8. The van der Waals surface area contributed by atoms with Crippen molar-refractivity contribution in [3.05, 3.63) is 0 Å². The number of amides is 1. The fourth-order valence-electron chi connectivity index (χ4n) is 3.48. The molecule has 102 valence electrons. The zero-order valence-electron chi connectivity index (χ0n) is 11.1. The van der Waals surface area contributed by atoms with E-state index in [1.165, 1.54) is 64.2 Å². The molecule has 0 aromatic rings. The topological polar surface area (TPSA) is 46.3 Å². The minimum Gasteiger partial charge on any atom is -0.364 e. The van der Waals surface area contributed by atoms with Gasteiger partial charge in [0.25, 0.3) is 5.91 Å². The van der Waals surface area contributed by atoms with Crippen LogP contribution in [0, 0.1) is 0 Å². The number of hydrogen-bond donors (Lipinski definition) is 1. The van der Waals surface area contributed by atoms with Crippen molar-refractivity contribution in [3.8, 4) is 0 Å². The van der Waals surface area contributed by atoms with Crippen molar-refractivity contribution >= 4 is 23.1 Å². The molecule has 0 atom stereocenters. The zero-order chi connectivity index (χ0) is 13.0. The van der Waals surface area contributed by atoms with Crippen LogP contribution in [0.4, 0.5) is 0 Å². The second kappa shape index (κ2) is 6.50. The highest BCUT2D eigenvalue weighted by Gasteiger charge is 2.32. The summed E-state index contributed by atoms with van der Waals surface area (Å²) in [6.07, 6.45) is 12.4. The number of carbonyl (C=O) groups excluding carboxylic acids is 1. The highest BCUT2D eigenvalue weighted by molar-refractivity contribution is 7.82. The normalized spacial score (nSPS) is 22.7. The van der Waals surface area contributed by atoms with Crippen LogP contribution in [0.25, 0.3) is 0 Å². The Morgan fingerprint density at radius 1 is 0.889 bits per heavy atom. The van der Waals surface area contributed by atoms with Gasteiger partial charge in [-0.15, -0.1) is 0 Å². The number of rotatable bonds is 2. The van der Waals surface area contributed by atoms with Crippen LogP contribution >= 0.6 is 12.2 Å². The predicted molar refractivity (Wildman–Crippen MR) is 77.4 cm³/mol. The minimum atomic E-state index is -0.416. The Bertz CT molecular complexity index is 289. The molecule has 0 spiro atoms. The van der Waals surface area contributed by atoms with Gasteiger partial charge in [0.1, 0.15) is 0 Å². The van der Waals surface area contributed by atoms with Crippen molar-refractivity contribution in [2.75, 3.05) is 0 Å². The van der Waals surface area contributed by atoms with Gasteiger partial charge in [0.05, 0.1) is 0 Å². The van der Waals surface area contributed by atoms with Crippen LogP contribution in [0.1, 0.15) is 64.2 Å². The molecule has 4 heteroatoms. The Morgan fingerprint density at radius 2 is 1.28 bits per heavy atom. The average molecular weight is 268 g/mol. The quantitative estimate of drug-likeness (QED) is 0.783. The van der Waals surface area contributed by atoms with Gasteiger partial charge in [0, 0.05) is 12.1 Å². The Hall–Kier alpha value is -0.640. The third-order valence-electron chi connectivity index (χ3n) is 4.38. The SMILES string of the molecule is NC(=O)C(=S)N(C1CCCCC1)C1CCCCC1. The number of nitrogens with two attached hydrogens (primary N) is 1. The summed E-state index contributed by atoms with van der Waals surface area (Å²) in [5.74, 6) is -0.416. The Morgan fingerprint density at radius 3 is 1.61 bits per heavy atom. The van der Waals surface area contributed by atoms with Gasteiger partial charge in [0.2, 0.25) is 0 Å². The Kier molecular flexibility index (Phi) is 4.98. The van der Waals surface area contributed by atoms with Crippen LogP contribution in [0.15, 0.2) is 0 Å². The molecule has 2 N–H and O–H groups in total. The molecule has 1 amide bonds. The number of nitrogens with zero attached hydrogens (tertiary/aromatic N) is 1. The van der Waals surface area contributed by atoms with E-state index < -0.39 is 5.91 Å². The molecule has 0 radical (unpaired) electrons. The molecule has 2 aliphatic carbocycles. The molecule has 0 heterocycles. The van der Waals surface area contributed by atoms with E-state index in [0.29, 0.717) is 17.1 Å². The highest BCUT2D eigenvalue weighted by atomic mass is 32.1. The monoisotopic (exact) mass is 268 g/mol. The lowest BCUT2D eigenvalue weighted by Crippen LogP contribution is -2.52. The first-order valence-electron chi connectivity index (χ1n) is 7.32. The Balaban J connectivity index is 2.10. The average Bonchev–Trinajstić information content (AvgIpc) is 2.41. The molecule has 0 aromatic carbocycles. The number of thiocarbonyl (C=S) groups is 1. The van der Waals surface area contributed by atoms with Crippen molar-refractivity contribution in [1.29, 1.82) is 0 Å². The third-order valence-corrected chi connectivity index (χ3v) is 4.79. The van der Waals surface area contributed by atoms with Gasteiger partial charge in [-0.3, -0.25) is 4.79 Å². The maximum absolute atomic E-state index is 11.5. The van der Waals surface area contributed by atoms with E-state index in [2.05, 4.69) is 4.90 Å². The summed E-state index contributed by atoms with van der Waals surface area (Å²) in [6, 6.07) is 0.920. The molecule has 3 nitrogen and oxygen atoms in total. The summed E-state index contributed by atoms with van der Waals surface area (Å²) in [6.45, 7) is 0. The summed E-state index contributed by atoms with van der Waals surface area (Å²) < 4.78 is 0. The Labute approximate surface area is 115 Å². The molecular formula is C14H24N2OS. The molecule has 0 unspecified atom stereocenters. The fraction of sp³-hybridized carbons (Fsp3) is 0.857. The van der Waals surface area contributed by atoms with Gasteiger partial charge in [-0.2, -0.15) is 0 Å². The van der Waals surface area contributed by atoms with Crippen LogP contribution in [0.3, 0.4) is 0 Å². The van der Waals surface area contributed by atoms with E-state index >= 15 is 0 Å². The van der Waals surface area contributed by atoms with Crippen LogP contribution in [0.5, 0.6) is 0 Å². The van der Waals surface area contributed by atoms with Crippen LogP contribution in [-0.4, -0.2) is 27.9 Å². The minimum absolute atomic E-state index is 0.383. The van der Waals surface area contributed by atoms with Crippen molar-refractivity contribution in [1.82, 2.24) is 4.90 Å². The van der Waals surface area contributed by atoms with Gasteiger partial charge < -0.3 is 10.6 Å². The van der Waals surface area contributed by atoms with E-state index in [4.69, 9.17) is 18.0 Å². The lowest BCUT2D eigenvalue weighted by atomic mass is 9.88. The molecular weight excluding hydrogens is 244 g/mol. The summed E-state index contributed by atoms with van der Waals surface area (Å²) in [4.78, 5) is 14.1.